The minimum absolute atomic E-state index is 0.223. The van der Waals surface area contributed by atoms with Crippen molar-refractivity contribution in [2.24, 2.45) is 0 Å². The first-order chi connectivity index (χ1) is 15.6. The molecule has 160 valence electrons. The van der Waals surface area contributed by atoms with E-state index in [1.807, 2.05) is 73.7 Å². The van der Waals surface area contributed by atoms with Crippen LogP contribution in [0.1, 0.15) is 21.6 Å². The molecule has 8 heteroatoms. The molecular formula is C24H22N6O2. The summed E-state index contributed by atoms with van der Waals surface area (Å²) in [7, 11) is 0. The van der Waals surface area contributed by atoms with E-state index >= 15 is 0 Å². The van der Waals surface area contributed by atoms with Crippen molar-refractivity contribution >= 4 is 23.3 Å². The quantitative estimate of drug-likeness (QED) is 0.431. The molecule has 0 bridgehead atoms. The molecule has 0 atom stereocenters. The lowest BCUT2D eigenvalue weighted by Crippen LogP contribution is -2.23. The van der Waals surface area contributed by atoms with E-state index in [9.17, 15) is 9.59 Å². The van der Waals surface area contributed by atoms with Crippen LogP contribution in [0, 0.1) is 6.92 Å². The summed E-state index contributed by atoms with van der Waals surface area (Å²) in [5, 5.41) is 16.4. The van der Waals surface area contributed by atoms with Gasteiger partial charge in [-0.2, -0.15) is 0 Å². The Morgan fingerprint density at radius 2 is 1.59 bits per heavy atom. The molecular weight excluding hydrogens is 404 g/mol. The number of aromatic nitrogens is 3. The van der Waals surface area contributed by atoms with Gasteiger partial charge in [0.05, 0.1) is 11.9 Å². The van der Waals surface area contributed by atoms with Crippen LogP contribution in [0.5, 0.6) is 0 Å². The molecule has 0 unspecified atom stereocenters. The zero-order valence-corrected chi connectivity index (χ0v) is 17.4. The van der Waals surface area contributed by atoms with Crippen LogP contribution in [0.15, 0.2) is 85.1 Å². The lowest BCUT2D eigenvalue weighted by atomic mass is 10.2. The number of benzene rings is 3. The highest BCUT2D eigenvalue weighted by atomic mass is 16.2. The molecule has 32 heavy (non-hydrogen) atoms. The number of para-hydroxylation sites is 1. The van der Waals surface area contributed by atoms with E-state index in [1.54, 1.807) is 23.0 Å². The average molecular weight is 426 g/mol. The first kappa shape index (κ1) is 20.8. The number of anilines is 2. The molecule has 0 radical (unpaired) electrons. The van der Waals surface area contributed by atoms with Gasteiger partial charge in [-0.15, -0.1) is 5.10 Å². The summed E-state index contributed by atoms with van der Waals surface area (Å²) in [6.07, 6.45) is 1.58. The monoisotopic (exact) mass is 426 g/mol. The topological polar surface area (TPSA) is 101 Å². The van der Waals surface area contributed by atoms with Crippen LogP contribution < -0.4 is 16.0 Å². The molecule has 4 aromatic rings. The average Bonchev–Trinajstić information content (AvgIpc) is 3.29. The van der Waals surface area contributed by atoms with Gasteiger partial charge in [0.25, 0.3) is 5.91 Å². The van der Waals surface area contributed by atoms with Crippen LogP contribution in [0.3, 0.4) is 0 Å². The number of hydrogen-bond acceptors (Lipinski definition) is 4. The molecule has 0 aliphatic heterocycles. The molecule has 8 nitrogen and oxygen atoms in total. The number of carbonyl (C=O) groups excluding carboxylic acids is 2. The third kappa shape index (κ3) is 5.37. The lowest BCUT2D eigenvalue weighted by molar-refractivity contribution is 0.0946. The molecule has 0 saturated heterocycles. The standard InChI is InChI=1S/C24H22N6O2/c1-17-7-5-9-19(13-17)26-24(32)27-20-10-6-8-18(14-20)15-25-23(31)22-16-30(29-28-22)21-11-3-2-4-12-21/h2-14,16H,15H2,1H3,(H,25,31)(H2,26,27,32). The van der Waals surface area contributed by atoms with Gasteiger partial charge in [0.1, 0.15) is 0 Å². The Morgan fingerprint density at radius 3 is 2.34 bits per heavy atom. The minimum Gasteiger partial charge on any atom is -0.347 e. The second kappa shape index (κ2) is 9.57. The van der Waals surface area contributed by atoms with Crippen molar-refractivity contribution in [3.63, 3.8) is 0 Å². The van der Waals surface area contributed by atoms with Gasteiger partial charge in [-0.05, 0) is 54.4 Å². The molecule has 0 aliphatic rings. The van der Waals surface area contributed by atoms with Crippen molar-refractivity contribution in [3.8, 4) is 5.69 Å². The Kier molecular flexibility index (Phi) is 6.22. The van der Waals surface area contributed by atoms with Crippen LogP contribution in [-0.2, 0) is 6.54 Å². The van der Waals surface area contributed by atoms with Crippen LogP contribution >= 0.6 is 0 Å². The van der Waals surface area contributed by atoms with E-state index in [4.69, 9.17) is 0 Å². The second-order valence-electron chi connectivity index (χ2n) is 7.22. The molecule has 0 saturated carbocycles. The molecule has 0 spiro atoms. The Hall–Kier alpha value is -4.46. The predicted octanol–water partition coefficient (Wildman–Crippen LogP) is 4.15. The fourth-order valence-corrected chi connectivity index (χ4v) is 3.12. The highest BCUT2D eigenvalue weighted by Gasteiger charge is 2.11. The highest BCUT2D eigenvalue weighted by molar-refractivity contribution is 5.99. The number of amides is 3. The Morgan fingerprint density at radius 1 is 0.875 bits per heavy atom. The molecule has 3 aromatic carbocycles. The van der Waals surface area contributed by atoms with Crippen molar-refractivity contribution in [3.05, 3.63) is 102 Å². The van der Waals surface area contributed by atoms with Gasteiger partial charge in [0.2, 0.25) is 0 Å². The summed E-state index contributed by atoms with van der Waals surface area (Å²) in [6.45, 7) is 2.25. The maximum atomic E-state index is 12.4. The van der Waals surface area contributed by atoms with Crippen molar-refractivity contribution < 1.29 is 9.59 Å². The van der Waals surface area contributed by atoms with Gasteiger partial charge in [-0.25, -0.2) is 9.48 Å². The van der Waals surface area contributed by atoms with Gasteiger partial charge in [0, 0.05) is 17.9 Å². The number of rotatable bonds is 6. The molecule has 1 heterocycles. The number of aryl methyl sites for hydroxylation is 1. The first-order valence-corrected chi connectivity index (χ1v) is 10.1. The molecule has 4 rings (SSSR count). The largest absolute Gasteiger partial charge is 0.347 e. The third-order valence-electron chi connectivity index (χ3n) is 4.66. The Bertz CT molecular complexity index is 1240. The van der Waals surface area contributed by atoms with Gasteiger partial charge in [-0.3, -0.25) is 4.79 Å². The number of carbonyl (C=O) groups is 2. The summed E-state index contributed by atoms with van der Waals surface area (Å²) >= 11 is 0. The molecule has 0 fully saturated rings. The van der Waals surface area contributed by atoms with Gasteiger partial charge in [-0.1, -0.05) is 47.7 Å². The van der Waals surface area contributed by atoms with Crippen molar-refractivity contribution in [1.29, 1.82) is 0 Å². The summed E-state index contributed by atoms with van der Waals surface area (Å²) in [5.74, 6) is -0.331. The maximum absolute atomic E-state index is 12.4. The molecule has 3 N–H and O–H groups in total. The van der Waals surface area contributed by atoms with E-state index in [1.165, 1.54) is 0 Å². The number of hydrogen-bond donors (Lipinski definition) is 3. The third-order valence-corrected chi connectivity index (χ3v) is 4.66. The van der Waals surface area contributed by atoms with Crippen molar-refractivity contribution in [2.75, 3.05) is 10.6 Å². The number of nitrogens with one attached hydrogen (secondary N) is 3. The van der Waals surface area contributed by atoms with Gasteiger partial charge < -0.3 is 16.0 Å². The smallest absolute Gasteiger partial charge is 0.323 e. The van der Waals surface area contributed by atoms with Crippen molar-refractivity contribution in [2.45, 2.75) is 13.5 Å². The number of urea groups is 1. The van der Waals surface area contributed by atoms with Crippen LogP contribution in [0.25, 0.3) is 5.69 Å². The van der Waals surface area contributed by atoms with E-state index < -0.39 is 0 Å². The SMILES string of the molecule is Cc1cccc(NC(=O)Nc2cccc(CNC(=O)c3cn(-c4ccccc4)nn3)c2)c1. The van der Waals surface area contributed by atoms with E-state index in [0.717, 1.165) is 22.5 Å². The van der Waals surface area contributed by atoms with E-state index in [-0.39, 0.29) is 24.2 Å². The zero-order chi connectivity index (χ0) is 22.3. The number of nitrogens with zero attached hydrogens (tertiary/aromatic N) is 3. The fourth-order valence-electron chi connectivity index (χ4n) is 3.12. The maximum Gasteiger partial charge on any atom is 0.323 e. The Labute approximate surface area is 185 Å². The molecule has 1 aromatic heterocycles. The van der Waals surface area contributed by atoms with Crippen LogP contribution in [0.4, 0.5) is 16.2 Å². The van der Waals surface area contributed by atoms with E-state index in [2.05, 4.69) is 26.3 Å². The van der Waals surface area contributed by atoms with E-state index in [0.29, 0.717) is 5.69 Å². The second-order valence-corrected chi connectivity index (χ2v) is 7.22. The van der Waals surface area contributed by atoms with Gasteiger partial charge >= 0.3 is 6.03 Å². The summed E-state index contributed by atoms with van der Waals surface area (Å²) in [4.78, 5) is 24.7. The Balaban J connectivity index is 1.33. The van der Waals surface area contributed by atoms with Crippen molar-refractivity contribution in [1.82, 2.24) is 20.3 Å². The zero-order valence-electron chi connectivity index (χ0n) is 17.4. The predicted molar refractivity (Wildman–Crippen MR) is 123 cm³/mol. The van der Waals surface area contributed by atoms with Gasteiger partial charge in [0.15, 0.2) is 5.69 Å². The van der Waals surface area contributed by atoms with Crippen LogP contribution in [-0.4, -0.2) is 26.9 Å². The summed E-state index contributed by atoms with van der Waals surface area (Å²) in [6, 6.07) is 23.9. The van der Waals surface area contributed by atoms with Crippen LogP contribution in [0.2, 0.25) is 0 Å². The summed E-state index contributed by atoms with van der Waals surface area (Å²) < 4.78 is 1.55. The summed E-state index contributed by atoms with van der Waals surface area (Å²) in [5.41, 5.74) is 4.28. The molecule has 3 amide bonds. The fraction of sp³-hybridized carbons (Fsp3) is 0.0833. The first-order valence-electron chi connectivity index (χ1n) is 10.1. The lowest BCUT2D eigenvalue weighted by Gasteiger charge is -2.10. The minimum atomic E-state index is -0.339. The highest BCUT2D eigenvalue weighted by Crippen LogP contribution is 2.13. The normalized spacial score (nSPS) is 10.4. The molecule has 0 aliphatic carbocycles.